The van der Waals surface area contributed by atoms with Crippen LogP contribution in [0.3, 0.4) is 0 Å². The van der Waals surface area contributed by atoms with Crippen molar-refractivity contribution in [2.45, 2.75) is 39.7 Å². The fraction of sp³-hybridized carbons (Fsp3) is 0.269. The van der Waals surface area contributed by atoms with Gasteiger partial charge >= 0.3 is 5.97 Å². The molecule has 0 aliphatic carbocycles. The number of hydrogen-bond donors (Lipinski definition) is 2. The molecule has 0 saturated carbocycles. The summed E-state index contributed by atoms with van der Waals surface area (Å²) < 4.78 is 0. The number of aromatic nitrogens is 1. The molecule has 1 amide bonds. The van der Waals surface area contributed by atoms with Crippen LogP contribution in [0.25, 0.3) is 0 Å². The van der Waals surface area contributed by atoms with Gasteiger partial charge in [0.2, 0.25) is 5.91 Å². The summed E-state index contributed by atoms with van der Waals surface area (Å²) in [6.45, 7) is 5.63. The van der Waals surface area contributed by atoms with E-state index in [1.165, 1.54) is 0 Å². The first-order chi connectivity index (χ1) is 14.8. The summed E-state index contributed by atoms with van der Waals surface area (Å²) in [5, 5.41) is 12.4. The molecule has 0 radical (unpaired) electrons. The highest BCUT2D eigenvalue weighted by atomic mass is 35.5. The number of carboxylic acids is 1. The van der Waals surface area contributed by atoms with Crippen molar-refractivity contribution >= 4 is 24.3 Å². The van der Waals surface area contributed by atoms with Crippen LogP contribution in [0.15, 0.2) is 66.9 Å². The molecule has 3 aromatic rings. The minimum Gasteiger partial charge on any atom is -0.481 e. The Hall–Kier alpha value is -3.18. The number of amides is 1. The SMILES string of the molecule is Cc1ccc([C@@H](NC(=O)Cc2ccc(Cc3ncccc3C)cc2)[C@@H](C)C(=O)O)cc1.Cl. The van der Waals surface area contributed by atoms with Crippen molar-refractivity contribution in [3.63, 3.8) is 0 Å². The van der Waals surface area contributed by atoms with Crippen LogP contribution in [0.2, 0.25) is 0 Å². The smallest absolute Gasteiger partial charge is 0.308 e. The van der Waals surface area contributed by atoms with E-state index in [0.717, 1.165) is 39.9 Å². The summed E-state index contributed by atoms with van der Waals surface area (Å²) in [5.74, 6) is -1.89. The quantitative estimate of drug-likeness (QED) is 0.513. The lowest BCUT2D eigenvalue weighted by Gasteiger charge is -2.23. The predicted molar refractivity (Wildman–Crippen MR) is 128 cm³/mol. The van der Waals surface area contributed by atoms with Crippen molar-refractivity contribution in [2.75, 3.05) is 0 Å². The molecule has 2 N–H and O–H groups in total. The van der Waals surface area contributed by atoms with E-state index in [2.05, 4.69) is 10.3 Å². The van der Waals surface area contributed by atoms with E-state index in [1.54, 1.807) is 13.1 Å². The van der Waals surface area contributed by atoms with Crippen molar-refractivity contribution < 1.29 is 14.7 Å². The molecule has 2 atom stereocenters. The van der Waals surface area contributed by atoms with Crippen LogP contribution in [-0.4, -0.2) is 22.0 Å². The van der Waals surface area contributed by atoms with Crippen LogP contribution < -0.4 is 5.32 Å². The number of hydrogen-bond acceptors (Lipinski definition) is 3. The summed E-state index contributed by atoms with van der Waals surface area (Å²) in [6.07, 6.45) is 2.73. The molecule has 0 unspecified atom stereocenters. The number of rotatable bonds is 8. The van der Waals surface area contributed by atoms with Crippen molar-refractivity contribution in [3.8, 4) is 0 Å². The predicted octanol–water partition coefficient (Wildman–Crippen LogP) is 4.83. The molecule has 0 saturated heterocycles. The van der Waals surface area contributed by atoms with Gasteiger partial charge in [0, 0.05) is 18.3 Å². The van der Waals surface area contributed by atoms with Crippen LogP contribution in [-0.2, 0) is 22.4 Å². The molecule has 168 valence electrons. The van der Waals surface area contributed by atoms with Crippen molar-refractivity contribution in [1.29, 1.82) is 0 Å². The van der Waals surface area contributed by atoms with Crippen molar-refractivity contribution in [1.82, 2.24) is 10.3 Å². The van der Waals surface area contributed by atoms with Gasteiger partial charge in [0.25, 0.3) is 0 Å². The Morgan fingerprint density at radius 1 is 0.969 bits per heavy atom. The molecule has 0 spiro atoms. The van der Waals surface area contributed by atoms with Gasteiger partial charge in [-0.2, -0.15) is 0 Å². The number of pyridine rings is 1. The van der Waals surface area contributed by atoms with Gasteiger partial charge in [-0.25, -0.2) is 0 Å². The summed E-state index contributed by atoms with van der Waals surface area (Å²) in [5.41, 5.74) is 6.07. The number of carbonyl (C=O) groups is 2. The Labute approximate surface area is 195 Å². The molecular weight excluding hydrogens is 424 g/mol. The topological polar surface area (TPSA) is 79.3 Å². The largest absolute Gasteiger partial charge is 0.481 e. The molecule has 1 aromatic heterocycles. The molecule has 3 rings (SSSR count). The normalized spacial score (nSPS) is 12.3. The first kappa shape index (κ1) is 25.1. The van der Waals surface area contributed by atoms with Gasteiger partial charge < -0.3 is 10.4 Å². The van der Waals surface area contributed by atoms with Crippen molar-refractivity contribution in [3.05, 3.63) is 100 Å². The van der Waals surface area contributed by atoms with E-state index in [9.17, 15) is 14.7 Å². The zero-order valence-corrected chi connectivity index (χ0v) is 19.4. The monoisotopic (exact) mass is 452 g/mol. The van der Waals surface area contributed by atoms with Gasteiger partial charge in [-0.15, -0.1) is 12.4 Å². The Morgan fingerprint density at radius 2 is 1.59 bits per heavy atom. The number of benzene rings is 2. The number of nitrogens with zero attached hydrogens (tertiary/aromatic N) is 1. The zero-order valence-electron chi connectivity index (χ0n) is 18.5. The van der Waals surface area contributed by atoms with Crippen LogP contribution in [0, 0.1) is 19.8 Å². The second kappa shape index (κ2) is 11.4. The van der Waals surface area contributed by atoms with Gasteiger partial charge in [-0.05, 0) is 49.1 Å². The Balaban J connectivity index is 0.00000363. The van der Waals surface area contributed by atoms with Crippen LogP contribution in [0.1, 0.15) is 46.5 Å². The Morgan fingerprint density at radius 3 is 2.19 bits per heavy atom. The second-order valence-electron chi connectivity index (χ2n) is 8.02. The fourth-order valence-corrected chi connectivity index (χ4v) is 3.50. The van der Waals surface area contributed by atoms with E-state index >= 15 is 0 Å². The summed E-state index contributed by atoms with van der Waals surface area (Å²) in [4.78, 5) is 28.7. The minimum absolute atomic E-state index is 0. The summed E-state index contributed by atoms with van der Waals surface area (Å²) in [6, 6.07) is 18.9. The Kier molecular flexibility index (Phi) is 8.97. The maximum Gasteiger partial charge on any atom is 0.308 e. The van der Waals surface area contributed by atoms with E-state index < -0.39 is 17.9 Å². The highest BCUT2D eigenvalue weighted by Crippen LogP contribution is 2.23. The average Bonchev–Trinajstić information content (AvgIpc) is 2.75. The molecule has 0 aliphatic rings. The molecular formula is C26H29ClN2O3. The fourth-order valence-electron chi connectivity index (χ4n) is 3.50. The second-order valence-corrected chi connectivity index (χ2v) is 8.02. The molecule has 5 nitrogen and oxygen atoms in total. The number of carbonyl (C=O) groups excluding carboxylic acids is 1. The first-order valence-corrected chi connectivity index (χ1v) is 10.4. The third kappa shape index (κ3) is 6.66. The molecule has 6 heteroatoms. The first-order valence-electron chi connectivity index (χ1n) is 10.4. The van der Waals surface area contributed by atoms with Gasteiger partial charge in [-0.3, -0.25) is 14.6 Å². The third-order valence-corrected chi connectivity index (χ3v) is 5.52. The molecule has 0 fully saturated rings. The molecule has 1 heterocycles. The van der Waals surface area contributed by atoms with Gasteiger partial charge in [-0.1, -0.05) is 60.2 Å². The van der Waals surface area contributed by atoms with E-state index in [1.807, 2.05) is 74.5 Å². The average molecular weight is 453 g/mol. The third-order valence-electron chi connectivity index (χ3n) is 5.52. The lowest BCUT2D eigenvalue weighted by Crippen LogP contribution is -2.36. The van der Waals surface area contributed by atoms with Gasteiger partial charge in [0.05, 0.1) is 18.4 Å². The number of aliphatic carboxylic acids is 1. The van der Waals surface area contributed by atoms with Crippen LogP contribution >= 0.6 is 12.4 Å². The molecule has 2 aromatic carbocycles. The minimum atomic E-state index is -0.944. The number of halogens is 1. The lowest BCUT2D eigenvalue weighted by atomic mass is 9.93. The van der Waals surface area contributed by atoms with Gasteiger partial charge in [0.15, 0.2) is 0 Å². The van der Waals surface area contributed by atoms with E-state index in [-0.39, 0.29) is 24.7 Å². The summed E-state index contributed by atoms with van der Waals surface area (Å²) >= 11 is 0. The number of carboxylic acid groups (broad SMARTS) is 1. The molecule has 32 heavy (non-hydrogen) atoms. The number of nitrogens with one attached hydrogen (secondary N) is 1. The number of aryl methyl sites for hydroxylation is 2. The zero-order chi connectivity index (χ0) is 22.4. The molecule has 0 aliphatic heterocycles. The standard InChI is InChI=1S/C26H28N2O3.ClH/c1-17-6-12-22(13-7-17)25(19(3)26(30)31)28-24(29)16-21-10-8-20(9-11-21)15-23-18(2)5-4-14-27-23;/h4-14,19,25H,15-16H2,1-3H3,(H,28,29)(H,30,31);1H/t19-,25+;/m1./s1. The lowest BCUT2D eigenvalue weighted by molar-refractivity contribution is -0.142. The highest BCUT2D eigenvalue weighted by Gasteiger charge is 2.26. The van der Waals surface area contributed by atoms with Gasteiger partial charge in [0.1, 0.15) is 0 Å². The molecule has 0 bridgehead atoms. The summed E-state index contributed by atoms with van der Waals surface area (Å²) in [7, 11) is 0. The maximum atomic E-state index is 12.7. The highest BCUT2D eigenvalue weighted by molar-refractivity contribution is 5.85. The van der Waals surface area contributed by atoms with Crippen LogP contribution in [0.4, 0.5) is 0 Å². The van der Waals surface area contributed by atoms with Crippen molar-refractivity contribution in [2.24, 2.45) is 5.92 Å². The van der Waals surface area contributed by atoms with Crippen LogP contribution in [0.5, 0.6) is 0 Å². The van der Waals surface area contributed by atoms with E-state index in [4.69, 9.17) is 0 Å². The van der Waals surface area contributed by atoms with E-state index in [0.29, 0.717) is 0 Å². The Bertz CT molecular complexity index is 1050. The maximum absolute atomic E-state index is 12.7.